The lowest BCUT2D eigenvalue weighted by Crippen LogP contribution is -2.24. The third-order valence-corrected chi connectivity index (χ3v) is 3.61. The minimum atomic E-state index is -0.623. The Bertz CT molecular complexity index is 655. The second-order valence-corrected chi connectivity index (χ2v) is 5.06. The Hall–Kier alpha value is -2.14. The molecule has 0 aliphatic carbocycles. The van der Waals surface area contributed by atoms with Gasteiger partial charge in [-0.05, 0) is 35.9 Å². The molecule has 110 valence electrons. The van der Waals surface area contributed by atoms with Gasteiger partial charge < -0.3 is 15.2 Å². The maximum atomic E-state index is 13.3. The maximum absolute atomic E-state index is 13.3. The van der Waals surface area contributed by atoms with Gasteiger partial charge in [-0.25, -0.2) is 8.78 Å². The number of ether oxygens (including phenoxy) is 2. The number of rotatable bonds is 2. The number of methoxy groups -OCH3 is 1. The van der Waals surface area contributed by atoms with Gasteiger partial charge in [0.2, 0.25) is 0 Å². The lowest BCUT2D eigenvalue weighted by Gasteiger charge is -2.30. The van der Waals surface area contributed by atoms with Crippen molar-refractivity contribution in [2.75, 3.05) is 7.11 Å². The van der Waals surface area contributed by atoms with Crippen molar-refractivity contribution < 1.29 is 18.3 Å². The van der Waals surface area contributed by atoms with E-state index in [1.54, 1.807) is 19.2 Å². The molecule has 2 aromatic rings. The van der Waals surface area contributed by atoms with E-state index in [-0.39, 0.29) is 6.04 Å². The quantitative estimate of drug-likeness (QED) is 0.921. The predicted octanol–water partition coefficient (Wildman–Crippen LogP) is 3.50. The van der Waals surface area contributed by atoms with E-state index in [0.29, 0.717) is 23.5 Å². The van der Waals surface area contributed by atoms with Crippen LogP contribution >= 0.6 is 0 Å². The van der Waals surface area contributed by atoms with Gasteiger partial charge in [-0.3, -0.25) is 0 Å². The van der Waals surface area contributed by atoms with Crippen LogP contribution in [0.2, 0.25) is 0 Å². The van der Waals surface area contributed by atoms with Crippen LogP contribution in [0.3, 0.4) is 0 Å². The molecule has 0 radical (unpaired) electrons. The van der Waals surface area contributed by atoms with E-state index in [9.17, 15) is 8.78 Å². The van der Waals surface area contributed by atoms with Crippen molar-refractivity contribution in [3.8, 4) is 11.5 Å². The zero-order chi connectivity index (χ0) is 15.0. The fraction of sp³-hybridized carbons (Fsp3) is 0.250. The molecule has 5 heteroatoms. The Balaban J connectivity index is 1.94. The van der Waals surface area contributed by atoms with Crippen LogP contribution in [-0.2, 0) is 0 Å². The van der Waals surface area contributed by atoms with Gasteiger partial charge in [-0.1, -0.05) is 0 Å². The smallest absolute Gasteiger partial charge is 0.126 e. The Morgan fingerprint density at radius 1 is 1.14 bits per heavy atom. The summed E-state index contributed by atoms with van der Waals surface area (Å²) in [5.74, 6) is 0.0673. The van der Waals surface area contributed by atoms with Gasteiger partial charge >= 0.3 is 0 Å². The molecule has 0 amide bonds. The standard InChI is InChI=1S/C16H15F2NO2/c1-20-12-2-3-15-13(7-12)14(19)8-16(21-15)9-4-10(17)6-11(18)5-9/h2-7,14,16H,8,19H2,1H3/t14-,16?/m1/s1. The highest BCUT2D eigenvalue weighted by atomic mass is 19.1. The molecule has 0 saturated carbocycles. The van der Waals surface area contributed by atoms with Crippen molar-refractivity contribution in [2.45, 2.75) is 18.6 Å². The van der Waals surface area contributed by atoms with Crippen LogP contribution in [-0.4, -0.2) is 7.11 Å². The monoisotopic (exact) mass is 291 g/mol. The average Bonchev–Trinajstić information content (AvgIpc) is 2.46. The maximum Gasteiger partial charge on any atom is 0.126 e. The van der Waals surface area contributed by atoms with E-state index in [2.05, 4.69) is 0 Å². The van der Waals surface area contributed by atoms with Gasteiger partial charge in [-0.2, -0.15) is 0 Å². The van der Waals surface area contributed by atoms with Crippen molar-refractivity contribution in [2.24, 2.45) is 5.73 Å². The van der Waals surface area contributed by atoms with Crippen molar-refractivity contribution in [1.29, 1.82) is 0 Å². The summed E-state index contributed by atoms with van der Waals surface area (Å²) in [6.45, 7) is 0. The SMILES string of the molecule is COc1ccc2c(c1)[C@H](N)CC(c1cc(F)cc(F)c1)O2. The van der Waals surface area contributed by atoms with Crippen LogP contribution in [0.5, 0.6) is 11.5 Å². The van der Waals surface area contributed by atoms with Crippen LogP contribution in [0, 0.1) is 11.6 Å². The highest BCUT2D eigenvalue weighted by Gasteiger charge is 2.28. The normalized spacial score (nSPS) is 20.6. The molecular weight excluding hydrogens is 276 g/mol. The predicted molar refractivity (Wildman–Crippen MR) is 74.3 cm³/mol. The van der Waals surface area contributed by atoms with Crippen LogP contribution in [0.1, 0.15) is 29.7 Å². The van der Waals surface area contributed by atoms with Gasteiger partial charge in [0, 0.05) is 24.1 Å². The molecule has 0 saturated heterocycles. The van der Waals surface area contributed by atoms with Crippen LogP contribution < -0.4 is 15.2 Å². The highest BCUT2D eigenvalue weighted by molar-refractivity contribution is 5.44. The highest BCUT2D eigenvalue weighted by Crippen LogP contribution is 2.41. The summed E-state index contributed by atoms with van der Waals surface area (Å²) in [5, 5.41) is 0. The first kappa shape index (κ1) is 13.8. The molecule has 1 aliphatic rings. The van der Waals surface area contributed by atoms with Crippen LogP contribution in [0.25, 0.3) is 0 Å². The minimum Gasteiger partial charge on any atom is -0.497 e. The topological polar surface area (TPSA) is 44.5 Å². The van der Waals surface area contributed by atoms with Gasteiger partial charge in [0.25, 0.3) is 0 Å². The molecule has 0 spiro atoms. The molecule has 1 aliphatic heterocycles. The van der Waals surface area contributed by atoms with Gasteiger partial charge in [0.05, 0.1) is 7.11 Å². The molecule has 21 heavy (non-hydrogen) atoms. The third-order valence-electron chi connectivity index (χ3n) is 3.61. The first-order chi connectivity index (χ1) is 10.1. The second kappa shape index (κ2) is 5.33. The fourth-order valence-electron chi connectivity index (χ4n) is 2.57. The Morgan fingerprint density at radius 3 is 2.52 bits per heavy atom. The number of halogens is 2. The van der Waals surface area contributed by atoms with Crippen LogP contribution in [0.15, 0.2) is 36.4 Å². The molecule has 2 aromatic carbocycles. The lowest BCUT2D eigenvalue weighted by molar-refractivity contribution is 0.160. The molecular formula is C16H15F2NO2. The van der Waals surface area contributed by atoms with E-state index in [0.717, 1.165) is 11.6 Å². The van der Waals surface area contributed by atoms with Crippen molar-refractivity contribution >= 4 is 0 Å². The Kier molecular flexibility index (Phi) is 3.51. The van der Waals surface area contributed by atoms with Crippen molar-refractivity contribution in [3.63, 3.8) is 0 Å². The summed E-state index contributed by atoms with van der Waals surface area (Å²) < 4.78 is 37.7. The van der Waals surface area contributed by atoms with E-state index in [1.165, 1.54) is 12.1 Å². The number of fused-ring (bicyclic) bond motifs is 1. The molecule has 0 aromatic heterocycles. The minimum absolute atomic E-state index is 0.278. The van der Waals surface area contributed by atoms with Gasteiger partial charge in [-0.15, -0.1) is 0 Å². The molecule has 0 bridgehead atoms. The van der Waals surface area contributed by atoms with Gasteiger partial charge in [0.15, 0.2) is 0 Å². The molecule has 1 heterocycles. The zero-order valence-corrected chi connectivity index (χ0v) is 11.5. The number of nitrogens with two attached hydrogens (primary N) is 1. The summed E-state index contributed by atoms with van der Waals surface area (Å²) in [6.07, 6.45) is -0.0191. The third kappa shape index (κ3) is 2.69. The largest absolute Gasteiger partial charge is 0.497 e. The van der Waals surface area contributed by atoms with Gasteiger partial charge in [0.1, 0.15) is 29.2 Å². The lowest BCUT2D eigenvalue weighted by atomic mass is 9.93. The number of benzene rings is 2. The van der Waals surface area contributed by atoms with E-state index in [4.69, 9.17) is 15.2 Å². The van der Waals surface area contributed by atoms with E-state index in [1.807, 2.05) is 6.07 Å². The molecule has 0 fully saturated rings. The summed E-state index contributed by atoms with van der Waals surface area (Å²) in [6, 6.07) is 8.45. The Morgan fingerprint density at radius 2 is 1.86 bits per heavy atom. The van der Waals surface area contributed by atoms with Crippen molar-refractivity contribution in [1.82, 2.24) is 0 Å². The molecule has 3 nitrogen and oxygen atoms in total. The number of hydrogen-bond donors (Lipinski definition) is 1. The molecule has 3 rings (SSSR count). The first-order valence-electron chi connectivity index (χ1n) is 6.63. The summed E-state index contributed by atoms with van der Waals surface area (Å²) >= 11 is 0. The summed E-state index contributed by atoms with van der Waals surface area (Å²) in [7, 11) is 1.58. The molecule has 2 N–H and O–H groups in total. The first-order valence-corrected chi connectivity index (χ1v) is 6.63. The van der Waals surface area contributed by atoms with Crippen LogP contribution in [0.4, 0.5) is 8.78 Å². The molecule has 2 atom stereocenters. The van der Waals surface area contributed by atoms with E-state index >= 15 is 0 Å². The number of hydrogen-bond acceptors (Lipinski definition) is 3. The fourth-order valence-corrected chi connectivity index (χ4v) is 2.57. The molecule has 1 unspecified atom stereocenters. The summed E-state index contributed by atoms with van der Waals surface area (Å²) in [4.78, 5) is 0. The summed E-state index contributed by atoms with van der Waals surface area (Å²) in [5.41, 5.74) is 7.43. The van der Waals surface area contributed by atoms with Crippen molar-refractivity contribution in [3.05, 3.63) is 59.2 Å². The Labute approximate surface area is 121 Å². The second-order valence-electron chi connectivity index (χ2n) is 5.06. The average molecular weight is 291 g/mol. The van der Waals surface area contributed by atoms with E-state index < -0.39 is 17.7 Å². The zero-order valence-electron chi connectivity index (χ0n) is 11.5.